The van der Waals surface area contributed by atoms with E-state index in [9.17, 15) is 39.3 Å². The molecule has 0 radical (unpaired) electrons. The third kappa shape index (κ3) is 8.66. The Labute approximate surface area is 181 Å². The molecule has 0 saturated heterocycles. The molecule has 0 aliphatic heterocycles. The van der Waals surface area contributed by atoms with Crippen molar-refractivity contribution >= 4 is 29.6 Å². The van der Waals surface area contributed by atoms with E-state index in [1.807, 2.05) is 0 Å². The number of aromatic amines is 1. The van der Waals surface area contributed by atoms with Crippen LogP contribution >= 0.6 is 0 Å². The Hall–Kier alpha value is -3.56. The van der Waals surface area contributed by atoms with E-state index >= 15 is 0 Å². The van der Waals surface area contributed by atoms with Crippen LogP contribution in [0.3, 0.4) is 0 Å². The number of nitrogens with zero attached hydrogens (tertiary/aromatic N) is 1. The lowest BCUT2D eigenvalue weighted by Gasteiger charge is -2.23. The van der Waals surface area contributed by atoms with Gasteiger partial charge in [0.15, 0.2) is 0 Å². The molecule has 11 N–H and O–H groups in total. The zero-order chi connectivity index (χ0) is 24.3. The van der Waals surface area contributed by atoms with E-state index in [4.69, 9.17) is 11.5 Å². The van der Waals surface area contributed by atoms with Gasteiger partial charge in [-0.2, -0.15) is 0 Å². The molecule has 178 valence electrons. The fraction of sp³-hybridized carbons (Fsp3) is 0.529. The second-order valence-corrected chi connectivity index (χ2v) is 6.78. The number of aliphatic hydroxyl groups is 2. The highest BCUT2D eigenvalue weighted by Gasteiger charge is 2.30. The molecule has 32 heavy (non-hydrogen) atoms. The lowest BCUT2D eigenvalue weighted by atomic mass is 10.1. The minimum Gasteiger partial charge on any atom is -0.480 e. The second kappa shape index (κ2) is 13.0. The SMILES string of the molecule is NC(=O)CCC(N)C(=O)NC(CO)C(=O)NC(CO)C(=O)NC(Cc1cnc[nH]1)C(=O)O. The minimum atomic E-state index is -1.57. The van der Waals surface area contributed by atoms with E-state index in [1.165, 1.54) is 12.5 Å². The molecule has 1 aromatic rings. The molecule has 0 spiro atoms. The second-order valence-electron chi connectivity index (χ2n) is 6.78. The van der Waals surface area contributed by atoms with Crippen molar-refractivity contribution in [2.24, 2.45) is 11.5 Å². The summed E-state index contributed by atoms with van der Waals surface area (Å²) in [4.78, 5) is 65.3. The van der Waals surface area contributed by atoms with Crippen molar-refractivity contribution in [1.29, 1.82) is 0 Å². The first kappa shape index (κ1) is 26.5. The first-order chi connectivity index (χ1) is 15.1. The summed E-state index contributed by atoms with van der Waals surface area (Å²) in [6, 6.07) is -5.66. The number of carboxylic acids is 1. The van der Waals surface area contributed by atoms with Crippen molar-refractivity contribution in [2.75, 3.05) is 13.2 Å². The molecule has 1 heterocycles. The van der Waals surface area contributed by atoms with Crippen LogP contribution < -0.4 is 27.4 Å². The number of aromatic nitrogens is 2. The molecule has 4 unspecified atom stereocenters. The van der Waals surface area contributed by atoms with E-state index in [-0.39, 0.29) is 19.3 Å². The predicted octanol–water partition coefficient (Wildman–Crippen LogP) is -4.93. The Morgan fingerprint density at radius 2 is 1.50 bits per heavy atom. The monoisotopic (exact) mass is 457 g/mol. The number of aliphatic hydroxyl groups excluding tert-OH is 2. The molecule has 15 heteroatoms. The number of H-pyrrole nitrogens is 1. The fourth-order valence-corrected chi connectivity index (χ4v) is 2.46. The van der Waals surface area contributed by atoms with Crippen molar-refractivity contribution < 1.29 is 39.3 Å². The summed E-state index contributed by atoms with van der Waals surface area (Å²) in [6.45, 7) is -1.75. The first-order valence-corrected chi connectivity index (χ1v) is 9.45. The van der Waals surface area contributed by atoms with Crippen LogP contribution in [0.25, 0.3) is 0 Å². The smallest absolute Gasteiger partial charge is 0.326 e. The number of hydrogen-bond acceptors (Lipinski definition) is 9. The maximum Gasteiger partial charge on any atom is 0.326 e. The van der Waals surface area contributed by atoms with Crippen molar-refractivity contribution in [2.45, 2.75) is 43.4 Å². The van der Waals surface area contributed by atoms with Gasteiger partial charge in [0.05, 0.1) is 25.6 Å². The van der Waals surface area contributed by atoms with E-state index in [0.717, 1.165) is 0 Å². The van der Waals surface area contributed by atoms with Gasteiger partial charge in [-0.25, -0.2) is 9.78 Å². The molecule has 1 rings (SSSR count). The van der Waals surface area contributed by atoms with E-state index in [2.05, 4.69) is 25.9 Å². The average molecular weight is 457 g/mol. The largest absolute Gasteiger partial charge is 0.480 e. The Kier molecular flexibility index (Phi) is 10.7. The maximum atomic E-state index is 12.4. The topological polar surface area (TPSA) is 263 Å². The number of nitrogens with two attached hydrogens (primary N) is 2. The highest BCUT2D eigenvalue weighted by molar-refractivity contribution is 5.94. The highest BCUT2D eigenvalue weighted by atomic mass is 16.4. The molecule has 0 bridgehead atoms. The zero-order valence-corrected chi connectivity index (χ0v) is 17.0. The summed E-state index contributed by atoms with van der Waals surface area (Å²) in [6.07, 6.45) is 2.31. The van der Waals surface area contributed by atoms with E-state index < -0.39 is 67.0 Å². The number of rotatable bonds is 14. The third-order valence-corrected chi connectivity index (χ3v) is 4.26. The number of carboxylic acid groups (broad SMARTS) is 1. The summed E-state index contributed by atoms with van der Waals surface area (Å²) in [5, 5.41) is 34.6. The number of carbonyl (C=O) groups is 5. The first-order valence-electron chi connectivity index (χ1n) is 9.45. The maximum absolute atomic E-state index is 12.4. The lowest BCUT2D eigenvalue weighted by molar-refractivity contribution is -0.142. The Morgan fingerprint density at radius 1 is 0.969 bits per heavy atom. The summed E-state index contributed by atoms with van der Waals surface area (Å²) in [5.41, 5.74) is 11.0. The molecule has 0 saturated carbocycles. The van der Waals surface area contributed by atoms with E-state index in [0.29, 0.717) is 5.69 Å². The van der Waals surface area contributed by atoms with Crippen LogP contribution in [0.2, 0.25) is 0 Å². The number of amides is 4. The van der Waals surface area contributed by atoms with E-state index in [1.54, 1.807) is 0 Å². The zero-order valence-electron chi connectivity index (χ0n) is 17.0. The molecular weight excluding hydrogens is 430 g/mol. The molecule has 0 aliphatic carbocycles. The number of imidazole rings is 1. The molecule has 0 aromatic carbocycles. The van der Waals surface area contributed by atoms with Crippen LogP contribution in [0.1, 0.15) is 18.5 Å². The van der Waals surface area contributed by atoms with Gasteiger partial charge in [-0.3, -0.25) is 19.2 Å². The fourth-order valence-electron chi connectivity index (χ4n) is 2.46. The number of nitrogens with one attached hydrogen (secondary N) is 4. The van der Waals surface area contributed by atoms with Crippen LogP contribution in [0.5, 0.6) is 0 Å². The molecule has 4 atom stereocenters. The van der Waals surface area contributed by atoms with Crippen LogP contribution in [0, 0.1) is 0 Å². The molecule has 0 fully saturated rings. The van der Waals surface area contributed by atoms with Crippen molar-refractivity contribution in [3.05, 3.63) is 18.2 Å². The quantitative estimate of drug-likeness (QED) is 0.128. The summed E-state index contributed by atoms with van der Waals surface area (Å²) < 4.78 is 0. The van der Waals surface area contributed by atoms with Crippen LogP contribution in [0.15, 0.2) is 12.5 Å². The Bertz CT molecular complexity index is 801. The molecule has 15 nitrogen and oxygen atoms in total. The number of hydrogen-bond donors (Lipinski definition) is 9. The van der Waals surface area contributed by atoms with Gasteiger partial charge in [0.2, 0.25) is 23.6 Å². The van der Waals surface area contributed by atoms with Crippen molar-refractivity contribution in [3.8, 4) is 0 Å². The number of aliphatic carboxylic acids is 1. The highest BCUT2D eigenvalue weighted by Crippen LogP contribution is 2.00. The predicted molar refractivity (Wildman–Crippen MR) is 106 cm³/mol. The normalized spacial score (nSPS) is 14.5. The van der Waals surface area contributed by atoms with Gasteiger partial charge in [-0.1, -0.05) is 0 Å². The average Bonchev–Trinajstić information content (AvgIpc) is 3.25. The van der Waals surface area contributed by atoms with Gasteiger partial charge < -0.3 is 47.7 Å². The molecular formula is C17H27N7O8. The standard InChI is InChI=1S/C17H27N7O8/c18-9(1-2-13(19)27)14(28)23-11(5-25)16(30)24-12(6-26)15(29)22-10(17(31)32)3-8-4-20-7-21-8/h4,7,9-12,25-26H,1-3,5-6,18H2,(H2,19,27)(H,20,21)(H,22,29)(H,23,28)(H,24,30)(H,31,32). The lowest BCUT2D eigenvalue weighted by Crippen LogP contribution is -2.59. The molecule has 4 amide bonds. The van der Waals surface area contributed by atoms with Crippen molar-refractivity contribution in [1.82, 2.24) is 25.9 Å². The minimum absolute atomic E-state index is 0.0878. The summed E-state index contributed by atoms with van der Waals surface area (Å²) in [5.74, 6) is -4.92. The Morgan fingerprint density at radius 3 is 1.94 bits per heavy atom. The summed E-state index contributed by atoms with van der Waals surface area (Å²) >= 11 is 0. The summed E-state index contributed by atoms with van der Waals surface area (Å²) in [7, 11) is 0. The number of carbonyl (C=O) groups excluding carboxylic acids is 4. The van der Waals surface area contributed by atoms with Gasteiger partial charge in [0.1, 0.15) is 18.1 Å². The van der Waals surface area contributed by atoms with Crippen LogP contribution in [-0.4, -0.2) is 92.3 Å². The van der Waals surface area contributed by atoms with Crippen LogP contribution in [-0.2, 0) is 30.4 Å². The van der Waals surface area contributed by atoms with Gasteiger partial charge in [-0.15, -0.1) is 0 Å². The van der Waals surface area contributed by atoms with Crippen LogP contribution in [0.4, 0.5) is 0 Å². The molecule has 1 aromatic heterocycles. The molecule has 0 aliphatic rings. The number of primary amides is 1. The van der Waals surface area contributed by atoms with Gasteiger partial charge in [0, 0.05) is 24.7 Å². The third-order valence-electron chi connectivity index (χ3n) is 4.26. The van der Waals surface area contributed by atoms with Gasteiger partial charge in [-0.05, 0) is 6.42 Å². The Balaban J connectivity index is 2.70. The van der Waals surface area contributed by atoms with Crippen molar-refractivity contribution in [3.63, 3.8) is 0 Å². The van der Waals surface area contributed by atoms with Gasteiger partial charge >= 0.3 is 5.97 Å². The van der Waals surface area contributed by atoms with Gasteiger partial charge in [0.25, 0.3) is 0 Å².